The molecule has 138 valence electrons. The summed E-state index contributed by atoms with van der Waals surface area (Å²) in [7, 11) is 0. The zero-order chi connectivity index (χ0) is 19.1. The number of urea groups is 1. The molecule has 3 N–H and O–H groups in total. The fourth-order valence-electron chi connectivity index (χ4n) is 2.69. The number of carbonyl (C=O) groups excluding carboxylic acids is 2. The van der Waals surface area contributed by atoms with Crippen molar-refractivity contribution in [2.75, 3.05) is 11.9 Å². The highest BCUT2D eigenvalue weighted by atomic mass is 35.5. The molecule has 0 unspecified atom stereocenters. The number of fused-ring (bicyclic) bond motifs is 1. The van der Waals surface area contributed by atoms with Crippen molar-refractivity contribution in [2.45, 2.75) is 19.3 Å². The molecule has 2 aromatic heterocycles. The topological polar surface area (TPSA) is 93.3 Å². The first kappa shape index (κ1) is 18.1. The van der Waals surface area contributed by atoms with Crippen molar-refractivity contribution in [1.29, 1.82) is 0 Å². The summed E-state index contributed by atoms with van der Waals surface area (Å²) < 4.78 is 39.3. The first-order valence-corrected chi connectivity index (χ1v) is 7.81. The Balaban J connectivity index is 1.73. The molecule has 11 heteroatoms. The number of primary amides is 1. The van der Waals surface area contributed by atoms with E-state index >= 15 is 0 Å². The van der Waals surface area contributed by atoms with Crippen LogP contribution in [-0.4, -0.2) is 32.9 Å². The summed E-state index contributed by atoms with van der Waals surface area (Å²) in [5.41, 5.74) is 5.06. The summed E-state index contributed by atoms with van der Waals surface area (Å²) in [4.78, 5) is 28.6. The second-order valence-corrected chi connectivity index (χ2v) is 6.05. The van der Waals surface area contributed by atoms with Gasteiger partial charge in [-0.3, -0.25) is 4.79 Å². The average molecular weight is 388 g/mol. The number of alkyl halides is 3. The number of rotatable bonds is 2. The smallest absolute Gasteiger partial charge is 0.365 e. The number of nitrogens with two attached hydrogens (primary N) is 1. The van der Waals surface area contributed by atoms with Gasteiger partial charge in [0.25, 0.3) is 5.91 Å². The van der Waals surface area contributed by atoms with Gasteiger partial charge in [-0.15, -0.1) is 0 Å². The third-order valence-electron chi connectivity index (χ3n) is 3.93. The predicted molar refractivity (Wildman–Crippen MR) is 86.6 cm³/mol. The Morgan fingerprint density at radius 2 is 2.00 bits per heavy atom. The van der Waals surface area contributed by atoms with Crippen LogP contribution in [-0.2, 0) is 19.3 Å². The van der Waals surface area contributed by atoms with E-state index in [2.05, 4.69) is 10.3 Å². The van der Waals surface area contributed by atoms with Crippen LogP contribution in [0.25, 0.3) is 0 Å². The Hall–Kier alpha value is -2.75. The number of pyridine rings is 1. The van der Waals surface area contributed by atoms with Gasteiger partial charge >= 0.3 is 12.2 Å². The molecule has 26 heavy (non-hydrogen) atoms. The summed E-state index contributed by atoms with van der Waals surface area (Å²) in [6.45, 7) is 0.821. The molecular weight excluding hydrogens is 375 g/mol. The Labute approximate surface area is 150 Å². The van der Waals surface area contributed by atoms with Crippen LogP contribution in [0.2, 0.25) is 5.02 Å². The van der Waals surface area contributed by atoms with Gasteiger partial charge in [0.2, 0.25) is 0 Å². The standard InChI is InChI=1S/C15H13ClF3N5O2/c16-9-6-23-3-4-24(7-10(23)12(9)13(20)25)14(26)22-8-1-2-11(21-5-8)15(17,18)19/h1-2,5-6H,3-4,7H2,(H2,20,25)(H,22,26). The molecule has 3 amide bonds. The van der Waals surface area contributed by atoms with Crippen LogP contribution in [0.15, 0.2) is 24.5 Å². The van der Waals surface area contributed by atoms with Gasteiger partial charge in [-0.05, 0) is 12.1 Å². The van der Waals surface area contributed by atoms with Gasteiger partial charge in [0.15, 0.2) is 0 Å². The molecule has 1 aliphatic heterocycles. The number of hydrogen-bond acceptors (Lipinski definition) is 3. The van der Waals surface area contributed by atoms with Gasteiger partial charge in [0, 0.05) is 19.3 Å². The first-order valence-electron chi connectivity index (χ1n) is 7.43. The molecule has 0 radical (unpaired) electrons. The fraction of sp³-hybridized carbons (Fsp3) is 0.267. The van der Waals surface area contributed by atoms with Gasteiger partial charge in [0.1, 0.15) is 5.69 Å². The number of anilines is 1. The normalized spacial score (nSPS) is 14.1. The Morgan fingerprint density at radius 3 is 2.58 bits per heavy atom. The van der Waals surface area contributed by atoms with Crippen molar-refractivity contribution < 1.29 is 22.8 Å². The summed E-state index contributed by atoms with van der Waals surface area (Å²) in [6.07, 6.45) is -2.05. The minimum Gasteiger partial charge on any atom is -0.365 e. The lowest BCUT2D eigenvalue weighted by molar-refractivity contribution is -0.141. The molecule has 0 saturated carbocycles. The molecule has 0 fully saturated rings. The molecule has 2 aromatic rings. The maximum absolute atomic E-state index is 12.5. The minimum atomic E-state index is -4.55. The van der Waals surface area contributed by atoms with E-state index < -0.39 is 23.8 Å². The molecule has 0 spiro atoms. The fourth-order valence-corrected chi connectivity index (χ4v) is 3.01. The molecule has 0 atom stereocenters. The lowest BCUT2D eigenvalue weighted by atomic mass is 10.2. The molecule has 1 aliphatic rings. The number of nitrogens with one attached hydrogen (secondary N) is 1. The monoisotopic (exact) mass is 387 g/mol. The van der Waals surface area contributed by atoms with Crippen LogP contribution in [0.5, 0.6) is 0 Å². The molecule has 3 rings (SSSR count). The first-order chi connectivity index (χ1) is 12.2. The van der Waals surface area contributed by atoms with Gasteiger partial charge in [-0.25, -0.2) is 9.78 Å². The van der Waals surface area contributed by atoms with Gasteiger partial charge in [-0.1, -0.05) is 11.6 Å². The van der Waals surface area contributed by atoms with Gasteiger partial charge in [0.05, 0.1) is 34.7 Å². The lowest BCUT2D eigenvalue weighted by Crippen LogP contribution is -2.41. The number of amides is 3. The van der Waals surface area contributed by atoms with Crippen molar-refractivity contribution in [3.8, 4) is 0 Å². The summed E-state index contributed by atoms with van der Waals surface area (Å²) in [5, 5.41) is 2.69. The maximum Gasteiger partial charge on any atom is 0.433 e. The Bertz CT molecular complexity index is 863. The quantitative estimate of drug-likeness (QED) is 0.829. The third kappa shape index (κ3) is 3.45. The molecule has 0 aromatic carbocycles. The molecule has 0 aliphatic carbocycles. The third-order valence-corrected chi connectivity index (χ3v) is 4.22. The zero-order valence-electron chi connectivity index (χ0n) is 13.2. The molecule has 3 heterocycles. The van der Waals surface area contributed by atoms with Crippen molar-refractivity contribution in [2.24, 2.45) is 5.73 Å². The molecule has 0 bridgehead atoms. The number of carbonyl (C=O) groups is 2. The SMILES string of the molecule is NC(=O)c1c(Cl)cn2c1CN(C(=O)Nc1ccc(C(F)(F)F)nc1)CC2. The van der Waals surface area contributed by atoms with E-state index in [-0.39, 0.29) is 22.8 Å². The molecule has 0 saturated heterocycles. The molecular formula is C15H13ClF3N5O2. The maximum atomic E-state index is 12.5. The second kappa shape index (κ2) is 6.52. The van der Waals surface area contributed by atoms with E-state index in [0.29, 0.717) is 18.8 Å². The second-order valence-electron chi connectivity index (χ2n) is 5.64. The van der Waals surface area contributed by atoms with E-state index in [1.54, 1.807) is 10.8 Å². The predicted octanol–water partition coefficient (Wildman–Crippen LogP) is 2.70. The Kier molecular flexibility index (Phi) is 4.53. The summed E-state index contributed by atoms with van der Waals surface area (Å²) in [6, 6.07) is 1.36. The van der Waals surface area contributed by atoms with E-state index in [1.165, 1.54) is 4.90 Å². The average Bonchev–Trinajstić information content (AvgIpc) is 2.89. The zero-order valence-corrected chi connectivity index (χ0v) is 13.9. The lowest BCUT2D eigenvalue weighted by Gasteiger charge is -2.29. The number of hydrogen-bond donors (Lipinski definition) is 2. The largest absolute Gasteiger partial charge is 0.433 e. The van der Waals surface area contributed by atoms with Crippen molar-refractivity contribution >= 4 is 29.2 Å². The van der Waals surface area contributed by atoms with E-state index in [1.807, 2.05) is 0 Å². The van der Waals surface area contributed by atoms with E-state index in [0.717, 1.165) is 18.3 Å². The highest BCUT2D eigenvalue weighted by Crippen LogP contribution is 2.28. The van der Waals surface area contributed by atoms with Crippen molar-refractivity contribution in [3.05, 3.63) is 46.5 Å². The summed E-state index contributed by atoms with van der Waals surface area (Å²) >= 11 is 6.00. The van der Waals surface area contributed by atoms with Crippen LogP contribution < -0.4 is 11.1 Å². The van der Waals surface area contributed by atoms with Crippen LogP contribution in [0.4, 0.5) is 23.7 Å². The van der Waals surface area contributed by atoms with E-state index in [4.69, 9.17) is 17.3 Å². The number of aromatic nitrogens is 2. The number of halogens is 4. The highest BCUT2D eigenvalue weighted by molar-refractivity contribution is 6.34. The van der Waals surface area contributed by atoms with Crippen LogP contribution in [0.3, 0.4) is 0 Å². The van der Waals surface area contributed by atoms with Crippen molar-refractivity contribution in [3.63, 3.8) is 0 Å². The van der Waals surface area contributed by atoms with Gasteiger partial charge < -0.3 is 20.5 Å². The van der Waals surface area contributed by atoms with Crippen LogP contribution in [0, 0.1) is 0 Å². The highest BCUT2D eigenvalue weighted by Gasteiger charge is 2.32. The molecule has 7 nitrogen and oxygen atoms in total. The minimum absolute atomic E-state index is 0.0882. The van der Waals surface area contributed by atoms with E-state index in [9.17, 15) is 22.8 Å². The van der Waals surface area contributed by atoms with Crippen molar-refractivity contribution in [1.82, 2.24) is 14.5 Å². The number of nitrogens with zero attached hydrogens (tertiary/aromatic N) is 3. The summed E-state index contributed by atoms with van der Waals surface area (Å²) in [5.74, 6) is -0.696. The van der Waals surface area contributed by atoms with Crippen LogP contribution >= 0.6 is 11.6 Å². The van der Waals surface area contributed by atoms with Crippen LogP contribution in [0.1, 0.15) is 21.7 Å². The van der Waals surface area contributed by atoms with Gasteiger partial charge in [-0.2, -0.15) is 13.2 Å². The Morgan fingerprint density at radius 1 is 1.27 bits per heavy atom.